The maximum Gasteiger partial charge on any atom is 0.320 e. The molecule has 0 amide bonds. The van der Waals surface area contributed by atoms with E-state index >= 15 is 0 Å². The van der Waals surface area contributed by atoms with Crippen LogP contribution in [0.4, 0.5) is 0 Å². The summed E-state index contributed by atoms with van der Waals surface area (Å²) >= 11 is 7.12. The van der Waals surface area contributed by atoms with Crippen molar-refractivity contribution in [3.63, 3.8) is 0 Å². The molecule has 2 aromatic carbocycles. The smallest absolute Gasteiger partial charge is 0.320 e. The normalized spacial score (nSPS) is 18.3. The summed E-state index contributed by atoms with van der Waals surface area (Å²) in [4.78, 5) is 13.9. The molecule has 1 saturated heterocycles. The summed E-state index contributed by atoms with van der Waals surface area (Å²) in [6, 6.07) is 11.1. The van der Waals surface area contributed by atoms with Crippen molar-refractivity contribution in [1.29, 1.82) is 0 Å². The van der Waals surface area contributed by atoms with E-state index in [0.29, 0.717) is 17.9 Å². The van der Waals surface area contributed by atoms with Gasteiger partial charge in [-0.05, 0) is 48.2 Å². The number of carboxylic acids is 1. The molecular formula is C20H21Br2NO4. The minimum atomic E-state index is -0.786. The maximum absolute atomic E-state index is 11.8. The molecule has 0 bridgehead atoms. The minimum Gasteiger partial charge on any atom is -0.493 e. The Balaban J connectivity index is 2.15. The Kier molecular flexibility index (Phi) is 6.44. The topological polar surface area (TPSA) is 59.0 Å². The van der Waals surface area contributed by atoms with Crippen molar-refractivity contribution in [2.45, 2.75) is 24.9 Å². The Labute approximate surface area is 175 Å². The fraction of sp³-hybridized carbons (Fsp3) is 0.350. The molecule has 2 atom stereocenters. The summed E-state index contributed by atoms with van der Waals surface area (Å²) in [5, 5.41) is 9.72. The van der Waals surface area contributed by atoms with E-state index in [1.54, 1.807) is 14.2 Å². The van der Waals surface area contributed by atoms with Crippen LogP contribution in [0.15, 0.2) is 45.3 Å². The van der Waals surface area contributed by atoms with Crippen molar-refractivity contribution in [2.75, 3.05) is 20.8 Å². The van der Waals surface area contributed by atoms with Crippen LogP contribution in [-0.4, -0.2) is 42.8 Å². The second-order valence-corrected chi connectivity index (χ2v) is 8.19. The van der Waals surface area contributed by atoms with Crippen LogP contribution >= 0.6 is 31.9 Å². The number of benzene rings is 2. The maximum atomic E-state index is 11.8. The third kappa shape index (κ3) is 4.15. The lowest BCUT2D eigenvalue weighted by atomic mass is 9.95. The molecule has 1 fully saturated rings. The molecule has 1 N–H and O–H groups in total. The minimum absolute atomic E-state index is 0.212. The van der Waals surface area contributed by atoms with Gasteiger partial charge in [0.1, 0.15) is 6.04 Å². The number of methoxy groups -OCH3 is 2. The zero-order valence-electron chi connectivity index (χ0n) is 15.1. The highest BCUT2D eigenvalue weighted by Gasteiger charge is 2.37. The van der Waals surface area contributed by atoms with Crippen molar-refractivity contribution < 1.29 is 19.4 Å². The van der Waals surface area contributed by atoms with Crippen molar-refractivity contribution in [3.05, 3.63) is 56.5 Å². The van der Waals surface area contributed by atoms with Crippen molar-refractivity contribution in [1.82, 2.24) is 4.90 Å². The Morgan fingerprint density at radius 2 is 1.78 bits per heavy atom. The molecule has 2 unspecified atom stereocenters. The van der Waals surface area contributed by atoms with Crippen LogP contribution in [0.1, 0.15) is 30.0 Å². The molecule has 0 spiro atoms. The molecule has 5 nitrogen and oxygen atoms in total. The zero-order chi connectivity index (χ0) is 19.6. The summed E-state index contributed by atoms with van der Waals surface area (Å²) in [5.74, 6) is 0.453. The van der Waals surface area contributed by atoms with E-state index in [4.69, 9.17) is 9.47 Å². The lowest BCUT2D eigenvalue weighted by molar-refractivity contribution is -0.142. The van der Waals surface area contributed by atoms with E-state index in [1.165, 1.54) is 0 Å². The number of rotatable bonds is 6. The van der Waals surface area contributed by atoms with Crippen LogP contribution in [0.3, 0.4) is 0 Å². The number of carboxylic acid groups (broad SMARTS) is 1. The van der Waals surface area contributed by atoms with E-state index < -0.39 is 12.0 Å². The molecule has 1 aliphatic rings. The molecule has 7 heteroatoms. The van der Waals surface area contributed by atoms with Crippen molar-refractivity contribution in [2.24, 2.45) is 0 Å². The fourth-order valence-corrected chi connectivity index (χ4v) is 4.44. The Morgan fingerprint density at radius 3 is 2.37 bits per heavy atom. The van der Waals surface area contributed by atoms with Crippen LogP contribution in [0.2, 0.25) is 0 Å². The number of ether oxygens (including phenoxy) is 2. The van der Waals surface area contributed by atoms with Gasteiger partial charge in [0.15, 0.2) is 11.5 Å². The molecule has 3 rings (SSSR count). The number of aliphatic carboxylic acids is 1. The number of carbonyl (C=O) groups is 1. The summed E-state index contributed by atoms with van der Waals surface area (Å²) in [6.07, 6.45) is 1.50. The van der Waals surface area contributed by atoms with E-state index in [1.807, 2.05) is 36.4 Å². The first kappa shape index (κ1) is 20.2. The van der Waals surface area contributed by atoms with Gasteiger partial charge < -0.3 is 14.6 Å². The monoisotopic (exact) mass is 497 g/mol. The second kappa shape index (κ2) is 8.63. The summed E-state index contributed by atoms with van der Waals surface area (Å²) in [5.41, 5.74) is 1.97. The van der Waals surface area contributed by atoms with Crippen molar-refractivity contribution >= 4 is 37.8 Å². The summed E-state index contributed by atoms with van der Waals surface area (Å²) in [6.45, 7) is 0.721. The molecule has 27 heavy (non-hydrogen) atoms. The number of likely N-dealkylation sites (tertiary alicyclic amines) is 1. The summed E-state index contributed by atoms with van der Waals surface area (Å²) < 4.78 is 12.7. The molecule has 0 aromatic heterocycles. The van der Waals surface area contributed by atoms with Gasteiger partial charge in [0.25, 0.3) is 0 Å². The first-order valence-electron chi connectivity index (χ1n) is 8.61. The van der Waals surface area contributed by atoms with Crippen LogP contribution in [-0.2, 0) is 4.79 Å². The quantitative estimate of drug-likeness (QED) is 0.615. The van der Waals surface area contributed by atoms with E-state index in [-0.39, 0.29) is 6.04 Å². The van der Waals surface area contributed by atoms with Crippen LogP contribution in [0.5, 0.6) is 11.5 Å². The van der Waals surface area contributed by atoms with Crippen LogP contribution in [0.25, 0.3) is 0 Å². The van der Waals surface area contributed by atoms with E-state index in [9.17, 15) is 9.90 Å². The van der Waals surface area contributed by atoms with Gasteiger partial charge in [-0.15, -0.1) is 0 Å². The number of nitrogens with zero attached hydrogens (tertiary/aromatic N) is 1. The number of hydrogen-bond donors (Lipinski definition) is 1. The molecule has 0 saturated carbocycles. The van der Waals surface area contributed by atoms with E-state index in [2.05, 4.69) is 36.8 Å². The third-order valence-corrected chi connectivity index (χ3v) is 6.11. The molecule has 1 heterocycles. The predicted octanol–water partition coefficient (Wildman–Crippen LogP) is 4.87. The highest BCUT2D eigenvalue weighted by Crippen LogP contribution is 2.42. The highest BCUT2D eigenvalue weighted by atomic mass is 79.9. The largest absolute Gasteiger partial charge is 0.493 e. The zero-order valence-corrected chi connectivity index (χ0v) is 18.3. The first-order chi connectivity index (χ1) is 13.0. The predicted molar refractivity (Wildman–Crippen MR) is 111 cm³/mol. The lowest BCUT2D eigenvalue weighted by Crippen LogP contribution is -2.39. The van der Waals surface area contributed by atoms with Crippen molar-refractivity contribution in [3.8, 4) is 11.5 Å². The third-order valence-electron chi connectivity index (χ3n) is 4.89. The molecule has 2 aromatic rings. The average molecular weight is 499 g/mol. The SMILES string of the molecule is COc1cc(Br)c(C(c2ccc(Br)cc2)N2CCCC2C(=O)O)cc1OC. The van der Waals surface area contributed by atoms with Gasteiger partial charge in [-0.1, -0.05) is 44.0 Å². The van der Waals surface area contributed by atoms with Gasteiger partial charge in [0.05, 0.1) is 20.3 Å². The van der Waals surface area contributed by atoms with Gasteiger partial charge in [-0.2, -0.15) is 0 Å². The first-order valence-corrected chi connectivity index (χ1v) is 10.2. The second-order valence-electron chi connectivity index (χ2n) is 6.42. The lowest BCUT2D eigenvalue weighted by Gasteiger charge is -2.33. The Morgan fingerprint density at radius 1 is 1.15 bits per heavy atom. The average Bonchev–Trinajstić information content (AvgIpc) is 3.14. The molecule has 144 valence electrons. The summed E-state index contributed by atoms with van der Waals surface area (Å²) in [7, 11) is 3.19. The Bertz CT molecular complexity index is 825. The van der Waals surface area contributed by atoms with Gasteiger partial charge in [0, 0.05) is 15.5 Å². The van der Waals surface area contributed by atoms with Gasteiger partial charge >= 0.3 is 5.97 Å². The van der Waals surface area contributed by atoms with Gasteiger partial charge in [-0.25, -0.2) is 0 Å². The van der Waals surface area contributed by atoms with Gasteiger partial charge in [-0.3, -0.25) is 9.69 Å². The molecular weight excluding hydrogens is 478 g/mol. The van der Waals surface area contributed by atoms with Gasteiger partial charge in [0.2, 0.25) is 0 Å². The molecule has 0 radical (unpaired) electrons. The molecule has 0 aliphatic carbocycles. The molecule has 1 aliphatic heterocycles. The number of halogens is 2. The Hall–Kier alpha value is -1.57. The van der Waals surface area contributed by atoms with Crippen LogP contribution in [0, 0.1) is 0 Å². The number of hydrogen-bond acceptors (Lipinski definition) is 4. The highest BCUT2D eigenvalue weighted by molar-refractivity contribution is 9.10. The van der Waals surface area contributed by atoms with E-state index in [0.717, 1.165) is 33.0 Å². The fourth-order valence-electron chi connectivity index (χ4n) is 3.64. The standard InChI is InChI=1S/C20H21Br2NO4/c1-26-17-10-14(15(22)11-18(17)27-2)19(12-5-7-13(21)8-6-12)23-9-3-4-16(23)20(24)25/h5-8,10-11,16,19H,3-4,9H2,1-2H3,(H,24,25). The van der Waals surface area contributed by atoms with Crippen LogP contribution < -0.4 is 9.47 Å².